The average molecular weight is 455 g/mol. The molecule has 0 atom stereocenters. The van der Waals surface area contributed by atoms with E-state index in [1.54, 1.807) is 31.3 Å². The van der Waals surface area contributed by atoms with E-state index in [1.165, 1.54) is 41.1 Å². The Labute approximate surface area is 167 Å². The highest BCUT2D eigenvalue weighted by molar-refractivity contribution is 9.10. The minimum atomic E-state index is -4.62. The van der Waals surface area contributed by atoms with Gasteiger partial charge in [0.05, 0.1) is 0 Å². The van der Waals surface area contributed by atoms with Gasteiger partial charge in [-0.25, -0.2) is 9.37 Å². The summed E-state index contributed by atoms with van der Waals surface area (Å²) >= 11 is 3.30. The number of halogens is 5. The molecule has 3 aromatic rings. The van der Waals surface area contributed by atoms with Crippen molar-refractivity contribution in [2.45, 2.75) is 6.18 Å². The van der Waals surface area contributed by atoms with Crippen LogP contribution in [0.5, 0.6) is 0 Å². The first-order chi connectivity index (χ1) is 13.2. The van der Waals surface area contributed by atoms with Crippen molar-refractivity contribution in [1.29, 1.82) is 0 Å². The maximum Gasteiger partial charge on any atom is 0.421 e. The molecule has 0 aliphatic carbocycles. The molecule has 28 heavy (non-hydrogen) atoms. The van der Waals surface area contributed by atoms with Crippen molar-refractivity contribution in [2.24, 2.45) is 0 Å². The maximum absolute atomic E-state index is 13.5. The second kappa shape index (κ2) is 7.75. The van der Waals surface area contributed by atoms with E-state index in [2.05, 4.69) is 25.9 Å². The van der Waals surface area contributed by atoms with Crippen LogP contribution >= 0.6 is 15.9 Å². The number of aromatic nitrogens is 2. The third-order valence-corrected chi connectivity index (χ3v) is 4.64. The lowest BCUT2D eigenvalue weighted by Crippen LogP contribution is -2.21. The van der Waals surface area contributed by atoms with Crippen molar-refractivity contribution >= 4 is 39.1 Å². The topological polar surface area (TPSA) is 32.3 Å². The zero-order valence-corrected chi connectivity index (χ0v) is 16.5. The summed E-state index contributed by atoms with van der Waals surface area (Å²) in [6, 6.07) is 12.3. The van der Waals surface area contributed by atoms with Gasteiger partial charge < -0.3 is 9.80 Å². The first-order valence-corrected chi connectivity index (χ1v) is 8.89. The van der Waals surface area contributed by atoms with Gasteiger partial charge in [-0.3, -0.25) is 0 Å². The second-order valence-corrected chi connectivity index (χ2v) is 6.89. The summed E-state index contributed by atoms with van der Waals surface area (Å²) in [5.74, 6) is -0.645. The maximum atomic E-state index is 13.5. The molecule has 0 unspecified atom stereocenters. The van der Waals surface area contributed by atoms with Gasteiger partial charge in [0, 0.05) is 36.1 Å². The molecule has 0 fully saturated rings. The Bertz CT molecular complexity index is 959. The van der Waals surface area contributed by atoms with E-state index < -0.39 is 17.6 Å². The fourth-order valence-electron chi connectivity index (χ4n) is 2.55. The quantitative estimate of drug-likeness (QED) is 0.457. The van der Waals surface area contributed by atoms with Crippen LogP contribution in [-0.4, -0.2) is 24.1 Å². The summed E-state index contributed by atoms with van der Waals surface area (Å²) in [7, 11) is 3.10. The molecule has 1 aromatic heterocycles. The summed E-state index contributed by atoms with van der Waals surface area (Å²) in [6.45, 7) is 0. The molecule has 0 bridgehead atoms. The van der Waals surface area contributed by atoms with Gasteiger partial charge in [0.15, 0.2) is 5.82 Å². The summed E-state index contributed by atoms with van der Waals surface area (Å²) in [4.78, 5) is 10.8. The number of nitrogens with zero attached hydrogens (tertiary/aromatic N) is 4. The van der Waals surface area contributed by atoms with E-state index >= 15 is 0 Å². The molecule has 146 valence electrons. The molecule has 0 aliphatic rings. The Balaban J connectivity index is 2.06. The fraction of sp³-hybridized carbons (Fsp3) is 0.158. The molecule has 0 saturated heterocycles. The number of hydrogen-bond donors (Lipinski definition) is 0. The Hall–Kier alpha value is -2.68. The summed E-state index contributed by atoms with van der Waals surface area (Å²) in [6.07, 6.45) is -3.86. The standard InChI is InChI=1S/C19H15BrF4N4/c1-27(14-7-3-12(20)4-8-14)17-16(19(22,23)24)11-25-18(26-17)28(2)15-9-5-13(21)6-10-15/h3-11H,1-2H3. The second-order valence-electron chi connectivity index (χ2n) is 5.98. The molecular weight excluding hydrogens is 440 g/mol. The van der Waals surface area contributed by atoms with E-state index in [4.69, 9.17) is 0 Å². The molecule has 0 spiro atoms. The van der Waals surface area contributed by atoms with Crippen molar-refractivity contribution in [1.82, 2.24) is 9.97 Å². The van der Waals surface area contributed by atoms with E-state index in [1.807, 2.05) is 0 Å². The molecule has 3 rings (SSSR count). The van der Waals surface area contributed by atoms with Gasteiger partial charge in [0.25, 0.3) is 0 Å². The van der Waals surface area contributed by atoms with Crippen LogP contribution in [0.2, 0.25) is 0 Å². The molecule has 0 amide bonds. The smallest absolute Gasteiger partial charge is 0.329 e. The van der Waals surface area contributed by atoms with Gasteiger partial charge in [-0.2, -0.15) is 18.2 Å². The molecule has 0 N–H and O–H groups in total. The highest BCUT2D eigenvalue weighted by atomic mass is 79.9. The third kappa shape index (κ3) is 4.24. The molecule has 0 saturated carbocycles. The molecule has 9 heteroatoms. The first-order valence-electron chi connectivity index (χ1n) is 8.09. The fourth-order valence-corrected chi connectivity index (χ4v) is 2.81. The van der Waals surface area contributed by atoms with Gasteiger partial charge >= 0.3 is 6.18 Å². The van der Waals surface area contributed by atoms with Crippen LogP contribution in [0.3, 0.4) is 0 Å². The van der Waals surface area contributed by atoms with E-state index in [-0.39, 0.29) is 11.8 Å². The Kier molecular flexibility index (Phi) is 5.55. The predicted octanol–water partition coefficient (Wildman–Crippen LogP) is 5.93. The monoisotopic (exact) mass is 454 g/mol. The molecular formula is C19H15BrF4N4. The summed E-state index contributed by atoms with van der Waals surface area (Å²) in [5.41, 5.74) is 0.121. The number of hydrogen-bond acceptors (Lipinski definition) is 4. The highest BCUT2D eigenvalue weighted by Gasteiger charge is 2.37. The average Bonchev–Trinajstić information content (AvgIpc) is 2.67. The largest absolute Gasteiger partial charge is 0.421 e. The van der Waals surface area contributed by atoms with E-state index in [0.717, 1.165) is 10.7 Å². The predicted molar refractivity (Wildman–Crippen MR) is 104 cm³/mol. The van der Waals surface area contributed by atoms with Crippen molar-refractivity contribution in [3.05, 3.63) is 70.6 Å². The van der Waals surface area contributed by atoms with Crippen LogP contribution in [0.25, 0.3) is 0 Å². The lowest BCUT2D eigenvalue weighted by atomic mass is 10.2. The third-order valence-electron chi connectivity index (χ3n) is 4.11. The Morgan fingerprint density at radius 2 is 1.39 bits per heavy atom. The van der Waals surface area contributed by atoms with Gasteiger partial charge in [0.1, 0.15) is 11.4 Å². The van der Waals surface area contributed by atoms with Gasteiger partial charge in [0.2, 0.25) is 5.95 Å². The number of rotatable bonds is 4. The van der Waals surface area contributed by atoms with Crippen molar-refractivity contribution in [2.75, 3.05) is 23.9 Å². The van der Waals surface area contributed by atoms with Crippen molar-refractivity contribution in [3.63, 3.8) is 0 Å². The molecule has 0 radical (unpaired) electrons. The number of anilines is 4. The highest BCUT2D eigenvalue weighted by Crippen LogP contribution is 2.38. The number of alkyl halides is 3. The van der Waals surface area contributed by atoms with Crippen LogP contribution in [0.15, 0.2) is 59.2 Å². The molecule has 2 aromatic carbocycles. The van der Waals surface area contributed by atoms with Crippen LogP contribution in [0.4, 0.5) is 40.7 Å². The zero-order valence-electron chi connectivity index (χ0n) is 14.9. The zero-order chi connectivity index (χ0) is 20.5. The minimum Gasteiger partial charge on any atom is -0.329 e. The van der Waals surface area contributed by atoms with Gasteiger partial charge in [-0.05, 0) is 48.5 Å². The van der Waals surface area contributed by atoms with Crippen molar-refractivity contribution < 1.29 is 17.6 Å². The summed E-state index contributed by atoms with van der Waals surface area (Å²) < 4.78 is 54.5. The Morgan fingerprint density at radius 1 is 0.857 bits per heavy atom. The van der Waals surface area contributed by atoms with Gasteiger partial charge in [-0.1, -0.05) is 15.9 Å². The molecule has 1 heterocycles. The van der Waals surface area contributed by atoms with E-state index in [0.29, 0.717) is 11.4 Å². The lowest BCUT2D eigenvalue weighted by Gasteiger charge is -2.25. The SMILES string of the molecule is CN(c1ccc(F)cc1)c1ncc(C(F)(F)F)c(N(C)c2ccc(Br)cc2)n1. The molecule has 4 nitrogen and oxygen atoms in total. The summed E-state index contributed by atoms with van der Waals surface area (Å²) in [5, 5.41) is 0. The van der Waals surface area contributed by atoms with Gasteiger partial charge in [-0.15, -0.1) is 0 Å². The van der Waals surface area contributed by atoms with Crippen LogP contribution in [0.1, 0.15) is 5.56 Å². The van der Waals surface area contributed by atoms with Crippen LogP contribution in [-0.2, 0) is 6.18 Å². The minimum absolute atomic E-state index is 0.0542. The van der Waals surface area contributed by atoms with Crippen molar-refractivity contribution in [3.8, 4) is 0 Å². The van der Waals surface area contributed by atoms with E-state index in [9.17, 15) is 17.6 Å². The van der Waals surface area contributed by atoms with Crippen LogP contribution in [0, 0.1) is 5.82 Å². The lowest BCUT2D eigenvalue weighted by molar-refractivity contribution is -0.137. The first kappa shape index (κ1) is 20.1. The normalized spacial score (nSPS) is 11.4. The Morgan fingerprint density at radius 3 is 1.96 bits per heavy atom. The number of benzene rings is 2. The van der Waals surface area contributed by atoms with Crippen LogP contribution < -0.4 is 9.80 Å². The molecule has 0 aliphatic heterocycles.